The molecule has 5 heteroatoms. The molecular weight excluding hydrogens is 276 g/mol. The molecule has 1 atom stereocenters. The Balaban J connectivity index is 1.83. The van der Waals surface area contributed by atoms with Crippen LogP contribution in [0.5, 0.6) is 0 Å². The second kappa shape index (κ2) is 7.07. The van der Waals surface area contributed by atoms with E-state index in [9.17, 15) is 4.79 Å². The second-order valence-corrected chi connectivity index (χ2v) is 5.69. The highest BCUT2D eigenvalue weighted by molar-refractivity contribution is 6.30. The van der Waals surface area contributed by atoms with Gasteiger partial charge in [0.2, 0.25) is 0 Å². The average Bonchev–Trinajstić information content (AvgIpc) is 2.46. The molecule has 0 unspecified atom stereocenters. The summed E-state index contributed by atoms with van der Waals surface area (Å²) in [4.78, 5) is 15.2. The van der Waals surface area contributed by atoms with Gasteiger partial charge in [0.25, 0.3) is 0 Å². The highest BCUT2D eigenvalue weighted by Crippen LogP contribution is 2.23. The zero-order valence-corrected chi connectivity index (χ0v) is 12.5. The Morgan fingerprint density at radius 1 is 1.25 bits per heavy atom. The first kappa shape index (κ1) is 15.3. The Labute approximate surface area is 124 Å². The first-order valence-corrected chi connectivity index (χ1v) is 7.37. The van der Waals surface area contributed by atoms with Crippen LogP contribution in [0.1, 0.15) is 24.9 Å². The molecule has 1 aliphatic rings. The zero-order chi connectivity index (χ0) is 14.5. The van der Waals surface area contributed by atoms with Gasteiger partial charge in [-0.3, -0.25) is 9.69 Å². The van der Waals surface area contributed by atoms with Crippen LogP contribution in [0.25, 0.3) is 0 Å². The summed E-state index contributed by atoms with van der Waals surface area (Å²) < 4.78 is 0. The lowest BCUT2D eigenvalue weighted by Gasteiger charge is -2.38. The molecule has 0 amide bonds. The number of carboxylic acid groups (broad SMARTS) is 1. The van der Waals surface area contributed by atoms with Crippen LogP contribution >= 0.6 is 11.6 Å². The zero-order valence-electron chi connectivity index (χ0n) is 11.8. The van der Waals surface area contributed by atoms with Crippen LogP contribution < -0.4 is 0 Å². The van der Waals surface area contributed by atoms with E-state index in [0.29, 0.717) is 12.6 Å². The van der Waals surface area contributed by atoms with Crippen molar-refractivity contribution in [3.63, 3.8) is 0 Å². The minimum absolute atomic E-state index is 0.229. The number of rotatable bonds is 5. The molecule has 1 aromatic rings. The molecule has 2 rings (SSSR count). The molecule has 0 radical (unpaired) electrons. The maximum Gasteiger partial charge on any atom is 0.304 e. The van der Waals surface area contributed by atoms with E-state index in [1.54, 1.807) is 0 Å². The fraction of sp³-hybridized carbons (Fsp3) is 0.533. The van der Waals surface area contributed by atoms with Crippen LogP contribution in [0.15, 0.2) is 24.3 Å². The van der Waals surface area contributed by atoms with Crippen LogP contribution in [-0.2, 0) is 4.79 Å². The summed E-state index contributed by atoms with van der Waals surface area (Å²) in [5.41, 5.74) is 1.27. The highest BCUT2D eigenvalue weighted by Gasteiger charge is 2.22. The Morgan fingerprint density at radius 3 is 2.40 bits per heavy atom. The van der Waals surface area contributed by atoms with E-state index in [2.05, 4.69) is 28.9 Å². The molecule has 0 saturated carbocycles. The quantitative estimate of drug-likeness (QED) is 0.907. The standard InChI is InChI=1S/C15H21ClN2O2/c1-12(13-2-4-14(16)5-3-13)18-10-8-17(9-11-18)7-6-15(19)20/h2-5,12H,6-11H2,1H3,(H,19,20)/t12-/m1/s1. The molecular formula is C15H21ClN2O2. The van der Waals surface area contributed by atoms with Gasteiger partial charge in [-0.1, -0.05) is 23.7 Å². The van der Waals surface area contributed by atoms with E-state index in [0.717, 1.165) is 31.2 Å². The lowest BCUT2D eigenvalue weighted by molar-refractivity contribution is -0.137. The third kappa shape index (κ3) is 4.20. The van der Waals surface area contributed by atoms with Crippen molar-refractivity contribution in [1.82, 2.24) is 9.80 Å². The summed E-state index contributed by atoms with van der Waals surface area (Å²) in [7, 11) is 0. The smallest absolute Gasteiger partial charge is 0.304 e. The number of carbonyl (C=O) groups is 1. The number of hydrogen-bond acceptors (Lipinski definition) is 3. The molecule has 20 heavy (non-hydrogen) atoms. The van der Waals surface area contributed by atoms with E-state index >= 15 is 0 Å². The van der Waals surface area contributed by atoms with Gasteiger partial charge in [-0.2, -0.15) is 0 Å². The number of halogens is 1. The molecule has 1 fully saturated rings. The number of benzene rings is 1. The fourth-order valence-corrected chi connectivity index (χ4v) is 2.71. The van der Waals surface area contributed by atoms with Crippen molar-refractivity contribution in [2.45, 2.75) is 19.4 Å². The molecule has 0 bridgehead atoms. The van der Waals surface area contributed by atoms with Gasteiger partial charge in [0.05, 0.1) is 6.42 Å². The Bertz CT molecular complexity index is 442. The third-order valence-corrected chi connectivity index (χ3v) is 4.20. The summed E-state index contributed by atoms with van der Waals surface area (Å²) >= 11 is 5.91. The number of nitrogens with zero attached hydrogens (tertiary/aromatic N) is 2. The normalized spacial score (nSPS) is 18.9. The van der Waals surface area contributed by atoms with E-state index in [1.807, 2.05) is 12.1 Å². The van der Waals surface area contributed by atoms with Crippen molar-refractivity contribution >= 4 is 17.6 Å². The molecule has 0 aliphatic carbocycles. The number of hydrogen-bond donors (Lipinski definition) is 1. The number of carboxylic acids is 1. The van der Waals surface area contributed by atoms with Gasteiger partial charge in [0.15, 0.2) is 0 Å². The molecule has 0 spiro atoms. The summed E-state index contributed by atoms with van der Waals surface area (Å²) in [6.45, 7) is 6.68. The van der Waals surface area contributed by atoms with Crippen LogP contribution in [0, 0.1) is 0 Å². The summed E-state index contributed by atoms with van der Waals surface area (Å²) in [5, 5.41) is 9.47. The number of piperazine rings is 1. The monoisotopic (exact) mass is 296 g/mol. The molecule has 110 valence electrons. The van der Waals surface area contributed by atoms with Crippen molar-refractivity contribution in [1.29, 1.82) is 0 Å². The van der Waals surface area contributed by atoms with Crippen LogP contribution in [-0.4, -0.2) is 53.6 Å². The van der Waals surface area contributed by atoms with Gasteiger partial charge in [0.1, 0.15) is 0 Å². The van der Waals surface area contributed by atoms with Gasteiger partial charge >= 0.3 is 5.97 Å². The maximum absolute atomic E-state index is 10.6. The lowest BCUT2D eigenvalue weighted by atomic mass is 10.1. The predicted molar refractivity (Wildman–Crippen MR) is 80.1 cm³/mol. The molecule has 4 nitrogen and oxygen atoms in total. The van der Waals surface area contributed by atoms with Crippen LogP contribution in [0.2, 0.25) is 5.02 Å². The van der Waals surface area contributed by atoms with E-state index in [1.165, 1.54) is 5.56 Å². The summed E-state index contributed by atoms with van der Waals surface area (Å²) in [6, 6.07) is 8.37. The van der Waals surface area contributed by atoms with Gasteiger partial charge in [-0.05, 0) is 24.6 Å². The first-order valence-electron chi connectivity index (χ1n) is 7.00. The number of aliphatic carboxylic acids is 1. The SMILES string of the molecule is C[C@H](c1ccc(Cl)cc1)N1CCN(CCC(=O)O)CC1. The molecule has 1 saturated heterocycles. The van der Waals surface area contributed by atoms with Gasteiger partial charge in [-0.25, -0.2) is 0 Å². The second-order valence-electron chi connectivity index (χ2n) is 5.25. The maximum atomic E-state index is 10.6. The fourth-order valence-electron chi connectivity index (χ4n) is 2.58. The molecule has 1 aliphatic heterocycles. The first-order chi connectivity index (χ1) is 9.56. The van der Waals surface area contributed by atoms with Crippen LogP contribution in [0.3, 0.4) is 0 Å². The topological polar surface area (TPSA) is 43.8 Å². The molecule has 1 heterocycles. The van der Waals surface area contributed by atoms with Gasteiger partial charge in [-0.15, -0.1) is 0 Å². The van der Waals surface area contributed by atoms with Crippen molar-refractivity contribution in [2.75, 3.05) is 32.7 Å². The minimum Gasteiger partial charge on any atom is -0.481 e. The summed E-state index contributed by atoms with van der Waals surface area (Å²) in [5.74, 6) is -0.720. The molecule has 1 N–H and O–H groups in total. The predicted octanol–water partition coefficient (Wildman–Crippen LogP) is 2.49. The summed E-state index contributed by atoms with van der Waals surface area (Å²) in [6.07, 6.45) is 0.229. The minimum atomic E-state index is -0.720. The van der Waals surface area contributed by atoms with E-state index in [4.69, 9.17) is 16.7 Å². The Hall–Kier alpha value is -1.10. The van der Waals surface area contributed by atoms with E-state index in [-0.39, 0.29) is 6.42 Å². The van der Waals surface area contributed by atoms with Gasteiger partial charge < -0.3 is 10.0 Å². The van der Waals surface area contributed by atoms with Crippen molar-refractivity contribution in [3.05, 3.63) is 34.9 Å². The molecule has 0 aromatic heterocycles. The lowest BCUT2D eigenvalue weighted by Crippen LogP contribution is -2.47. The van der Waals surface area contributed by atoms with Crippen molar-refractivity contribution in [3.8, 4) is 0 Å². The Morgan fingerprint density at radius 2 is 1.85 bits per heavy atom. The van der Waals surface area contributed by atoms with Crippen LogP contribution in [0.4, 0.5) is 0 Å². The largest absolute Gasteiger partial charge is 0.481 e. The Kier molecular flexibility index (Phi) is 5.40. The van der Waals surface area contributed by atoms with Crippen molar-refractivity contribution < 1.29 is 9.90 Å². The third-order valence-electron chi connectivity index (χ3n) is 3.95. The molecule has 1 aromatic carbocycles. The van der Waals surface area contributed by atoms with Gasteiger partial charge in [0, 0.05) is 43.8 Å². The van der Waals surface area contributed by atoms with Crippen molar-refractivity contribution in [2.24, 2.45) is 0 Å². The highest BCUT2D eigenvalue weighted by atomic mass is 35.5. The average molecular weight is 297 g/mol. The van der Waals surface area contributed by atoms with E-state index < -0.39 is 5.97 Å².